The van der Waals surface area contributed by atoms with Crippen LogP contribution in [0, 0.1) is 10.1 Å². The van der Waals surface area contributed by atoms with Crippen molar-refractivity contribution in [1.29, 1.82) is 0 Å². The van der Waals surface area contributed by atoms with Crippen molar-refractivity contribution in [2.24, 2.45) is 0 Å². The normalized spacial score (nSPS) is 11.0. The van der Waals surface area contributed by atoms with E-state index in [9.17, 15) is 14.9 Å². The zero-order chi connectivity index (χ0) is 20.8. The molecule has 0 radical (unpaired) electrons. The number of nitrogens with zero attached hydrogens (tertiary/aromatic N) is 2. The fourth-order valence-electron chi connectivity index (χ4n) is 2.64. The maximum Gasteiger partial charge on any atom is 0.269 e. The first-order valence-electron chi connectivity index (χ1n) is 8.77. The Balaban J connectivity index is 1.85. The lowest BCUT2D eigenvalue weighted by Gasteiger charge is -2.02. The molecule has 0 atom stereocenters. The third kappa shape index (κ3) is 5.75. The minimum absolute atomic E-state index is 0.0538. The SMILES string of the molecule is CSc1ccc(Cc2sc(NC(C)=O)nc2/C=C/c2ccc([N+](=O)[O-])cc2)cc1. The molecule has 29 heavy (non-hydrogen) atoms. The van der Waals surface area contributed by atoms with Gasteiger partial charge in [0.05, 0.1) is 10.6 Å². The van der Waals surface area contributed by atoms with Crippen molar-refractivity contribution in [2.45, 2.75) is 18.2 Å². The van der Waals surface area contributed by atoms with Crippen LogP contribution in [0.15, 0.2) is 53.4 Å². The van der Waals surface area contributed by atoms with Gasteiger partial charge in [0, 0.05) is 35.2 Å². The third-order valence-corrected chi connectivity index (χ3v) is 5.80. The van der Waals surface area contributed by atoms with Gasteiger partial charge in [0.15, 0.2) is 5.13 Å². The summed E-state index contributed by atoms with van der Waals surface area (Å²) in [4.78, 5) is 28.5. The number of thioether (sulfide) groups is 1. The number of non-ortho nitro benzene ring substituents is 1. The van der Waals surface area contributed by atoms with Gasteiger partial charge in [-0.3, -0.25) is 14.9 Å². The van der Waals surface area contributed by atoms with E-state index in [1.807, 2.05) is 18.4 Å². The fraction of sp³-hybridized carbons (Fsp3) is 0.143. The van der Waals surface area contributed by atoms with Gasteiger partial charge < -0.3 is 5.32 Å². The van der Waals surface area contributed by atoms with Crippen LogP contribution in [0.4, 0.5) is 10.8 Å². The van der Waals surface area contributed by atoms with Crippen molar-refractivity contribution >= 4 is 52.0 Å². The summed E-state index contributed by atoms with van der Waals surface area (Å²) in [5.74, 6) is -0.166. The van der Waals surface area contributed by atoms with Crippen LogP contribution >= 0.6 is 23.1 Å². The number of aromatic nitrogens is 1. The van der Waals surface area contributed by atoms with Gasteiger partial charge in [0.25, 0.3) is 5.69 Å². The van der Waals surface area contributed by atoms with Crippen LogP contribution in [0.5, 0.6) is 0 Å². The fourth-order valence-corrected chi connectivity index (χ4v) is 4.07. The number of amides is 1. The Labute approximate surface area is 176 Å². The summed E-state index contributed by atoms with van der Waals surface area (Å²) in [6.07, 6.45) is 6.47. The van der Waals surface area contributed by atoms with E-state index in [1.165, 1.54) is 35.3 Å². The van der Waals surface area contributed by atoms with Gasteiger partial charge in [0.2, 0.25) is 5.91 Å². The van der Waals surface area contributed by atoms with Gasteiger partial charge in [-0.25, -0.2) is 4.98 Å². The second-order valence-electron chi connectivity index (χ2n) is 6.22. The zero-order valence-corrected chi connectivity index (χ0v) is 17.5. The first-order chi connectivity index (χ1) is 13.9. The average molecular weight is 426 g/mol. The van der Waals surface area contributed by atoms with Gasteiger partial charge in [-0.1, -0.05) is 18.2 Å². The number of rotatable bonds is 7. The molecule has 0 fully saturated rings. The molecule has 0 saturated heterocycles. The number of nitro benzene ring substituents is 1. The van der Waals surface area contributed by atoms with E-state index in [1.54, 1.807) is 23.9 Å². The van der Waals surface area contributed by atoms with E-state index in [0.29, 0.717) is 11.6 Å². The lowest BCUT2D eigenvalue weighted by atomic mass is 10.1. The van der Waals surface area contributed by atoms with Gasteiger partial charge in [-0.2, -0.15) is 0 Å². The lowest BCUT2D eigenvalue weighted by Crippen LogP contribution is -2.04. The van der Waals surface area contributed by atoms with E-state index < -0.39 is 4.92 Å². The number of nitrogens with one attached hydrogen (secondary N) is 1. The van der Waals surface area contributed by atoms with Crippen LogP contribution in [0.3, 0.4) is 0 Å². The summed E-state index contributed by atoms with van der Waals surface area (Å²) in [7, 11) is 0. The van der Waals surface area contributed by atoms with Gasteiger partial charge in [0.1, 0.15) is 0 Å². The molecule has 0 unspecified atom stereocenters. The van der Waals surface area contributed by atoms with Crippen LogP contribution in [-0.2, 0) is 11.2 Å². The summed E-state index contributed by atoms with van der Waals surface area (Å²) in [5.41, 5.74) is 2.81. The van der Waals surface area contributed by atoms with Gasteiger partial charge in [-0.05, 0) is 47.7 Å². The Morgan fingerprint density at radius 3 is 2.45 bits per heavy atom. The molecule has 1 N–H and O–H groups in total. The molecule has 8 heteroatoms. The number of hydrogen-bond donors (Lipinski definition) is 1. The summed E-state index contributed by atoms with van der Waals surface area (Å²) in [6, 6.07) is 14.7. The summed E-state index contributed by atoms with van der Waals surface area (Å²) < 4.78 is 0. The number of anilines is 1. The van der Waals surface area contributed by atoms with E-state index in [-0.39, 0.29) is 11.6 Å². The van der Waals surface area contributed by atoms with Gasteiger partial charge >= 0.3 is 0 Å². The molecule has 0 aliphatic heterocycles. The molecular formula is C21H19N3O3S2. The number of hydrogen-bond acceptors (Lipinski definition) is 6. The highest BCUT2D eigenvalue weighted by Gasteiger charge is 2.11. The maximum atomic E-state index is 11.4. The van der Waals surface area contributed by atoms with Crippen molar-refractivity contribution in [2.75, 3.05) is 11.6 Å². The quantitative estimate of drug-likeness (QED) is 0.307. The molecule has 0 saturated carbocycles. The van der Waals surface area contributed by atoms with E-state index in [4.69, 9.17) is 0 Å². The second-order valence-corrected chi connectivity index (χ2v) is 8.18. The summed E-state index contributed by atoms with van der Waals surface area (Å²) in [5, 5.41) is 14.1. The molecule has 1 amide bonds. The molecule has 0 aliphatic carbocycles. The Bertz CT molecular complexity index is 1040. The van der Waals surface area contributed by atoms with Crippen molar-refractivity contribution in [1.82, 2.24) is 4.98 Å². The smallest absolute Gasteiger partial charge is 0.269 e. The molecular weight excluding hydrogens is 406 g/mol. The van der Waals surface area contributed by atoms with E-state index in [0.717, 1.165) is 21.7 Å². The molecule has 1 aromatic heterocycles. The van der Waals surface area contributed by atoms with Crippen molar-refractivity contribution < 1.29 is 9.72 Å². The number of thiazole rings is 1. The summed E-state index contributed by atoms with van der Waals surface area (Å²) in [6.45, 7) is 1.45. The first-order valence-corrected chi connectivity index (χ1v) is 10.8. The standard InChI is InChI=1S/C21H19N3O3S2/c1-14(25)22-21-23-19(12-7-15-3-8-17(9-4-15)24(26)27)20(29-21)13-16-5-10-18(28-2)11-6-16/h3-12H,13H2,1-2H3,(H,22,23,25)/b12-7+. The minimum atomic E-state index is -0.423. The van der Waals surface area contributed by atoms with Crippen molar-refractivity contribution in [3.63, 3.8) is 0 Å². The Morgan fingerprint density at radius 1 is 1.17 bits per heavy atom. The van der Waals surface area contributed by atoms with Gasteiger partial charge in [-0.15, -0.1) is 23.1 Å². The molecule has 148 valence electrons. The van der Waals surface area contributed by atoms with E-state index in [2.05, 4.69) is 34.6 Å². The molecule has 2 aromatic carbocycles. The molecule has 0 aliphatic rings. The number of nitro groups is 1. The highest BCUT2D eigenvalue weighted by Crippen LogP contribution is 2.28. The Morgan fingerprint density at radius 2 is 1.86 bits per heavy atom. The number of carbonyl (C=O) groups is 1. The Hall–Kier alpha value is -2.97. The molecule has 0 spiro atoms. The summed E-state index contributed by atoms with van der Waals surface area (Å²) >= 11 is 3.14. The molecule has 3 rings (SSSR count). The van der Waals surface area contributed by atoms with Crippen LogP contribution in [0.25, 0.3) is 12.2 Å². The van der Waals surface area contributed by atoms with E-state index >= 15 is 0 Å². The number of benzene rings is 2. The molecule has 3 aromatic rings. The predicted octanol–water partition coefficient (Wildman–Crippen LogP) is 5.49. The Kier molecular flexibility index (Phi) is 6.79. The van der Waals surface area contributed by atoms with Crippen molar-refractivity contribution in [3.05, 3.63) is 80.3 Å². The second kappa shape index (κ2) is 9.49. The highest BCUT2D eigenvalue weighted by atomic mass is 32.2. The zero-order valence-electron chi connectivity index (χ0n) is 15.9. The van der Waals surface area contributed by atoms with Crippen molar-refractivity contribution in [3.8, 4) is 0 Å². The number of carbonyl (C=O) groups excluding carboxylic acids is 1. The minimum Gasteiger partial charge on any atom is -0.302 e. The highest BCUT2D eigenvalue weighted by molar-refractivity contribution is 7.98. The predicted molar refractivity (Wildman–Crippen MR) is 119 cm³/mol. The largest absolute Gasteiger partial charge is 0.302 e. The third-order valence-electron chi connectivity index (χ3n) is 4.07. The maximum absolute atomic E-state index is 11.4. The average Bonchev–Trinajstić information content (AvgIpc) is 3.07. The lowest BCUT2D eigenvalue weighted by molar-refractivity contribution is -0.384. The monoisotopic (exact) mass is 425 g/mol. The topological polar surface area (TPSA) is 85.1 Å². The van der Waals surface area contributed by atoms with Crippen LogP contribution < -0.4 is 5.32 Å². The first kappa shape index (κ1) is 20.8. The molecule has 1 heterocycles. The van der Waals surface area contributed by atoms with Crippen LogP contribution in [0.1, 0.15) is 28.6 Å². The molecule has 6 nitrogen and oxygen atoms in total. The van der Waals surface area contributed by atoms with Crippen LogP contribution in [0.2, 0.25) is 0 Å². The molecule has 0 bridgehead atoms. The van der Waals surface area contributed by atoms with Crippen LogP contribution in [-0.4, -0.2) is 22.1 Å².